The lowest BCUT2D eigenvalue weighted by atomic mass is 10.00. The third-order valence-corrected chi connectivity index (χ3v) is 4.66. The van der Waals surface area contributed by atoms with E-state index in [0.29, 0.717) is 12.6 Å². The molecule has 1 saturated carbocycles. The van der Waals surface area contributed by atoms with Crippen LogP contribution in [-0.4, -0.2) is 31.6 Å². The molecule has 2 atom stereocenters. The summed E-state index contributed by atoms with van der Waals surface area (Å²) in [5, 5.41) is 3.15. The molecule has 1 heterocycles. The van der Waals surface area contributed by atoms with Crippen LogP contribution in [0.25, 0.3) is 5.57 Å². The lowest BCUT2D eigenvalue weighted by molar-refractivity contribution is -0.886. The number of amides is 1. The molecular formula is C18H25N2O+. The first-order valence-electron chi connectivity index (χ1n) is 8.10. The van der Waals surface area contributed by atoms with E-state index >= 15 is 0 Å². The summed E-state index contributed by atoms with van der Waals surface area (Å²) >= 11 is 0. The quantitative estimate of drug-likeness (QED) is 0.839. The van der Waals surface area contributed by atoms with Gasteiger partial charge in [-0.3, -0.25) is 4.79 Å². The Bertz CT molecular complexity index is 519. The monoisotopic (exact) mass is 285 g/mol. The highest BCUT2D eigenvalue weighted by molar-refractivity contribution is 5.77. The zero-order valence-electron chi connectivity index (χ0n) is 12.8. The first-order valence-corrected chi connectivity index (χ1v) is 8.10. The van der Waals surface area contributed by atoms with Gasteiger partial charge in [0.1, 0.15) is 0 Å². The molecule has 0 aromatic heterocycles. The minimum atomic E-state index is 0.209. The fourth-order valence-electron chi connectivity index (χ4n) is 3.10. The molecule has 2 N–H and O–H groups in total. The molecule has 21 heavy (non-hydrogen) atoms. The summed E-state index contributed by atoms with van der Waals surface area (Å²) in [5.74, 6) is 0.941. The van der Waals surface area contributed by atoms with E-state index in [9.17, 15) is 4.79 Å². The van der Waals surface area contributed by atoms with Crippen LogP contribution in [0.5, 0.6) is 0 Å². The second-order valence-corrected chi connectivity index (χ2v) is 6.42. The van der Waals surface area contributed by atoms with Gasteiger partial charge in [0.25, 0.3) is 5.91 Å². The van der Waals surface area contributed by atoms with E-state index in [1.807, 2.05) is 0 Å². The number of benzene rings is 1. The topological polar surface area (TPSA) is 33.5 Å². The number of carbonyl (C=O) groups excluding carboxylic acids is 1. The second-order valence-electron chi connectivity index (χ2n) is 6.42. The van der Waals surface area contributed by atoms with E-state index in [4.69, 9.17) is 0 Å². The first-order chi connectivity index (χ1) is 10.2. The summed E-state index contributed by atoms with van der Waals surface area (Å²) in [4.78, 5) is 13.4. The maximum Gasteiger partial charge on any atom is 0.275 e. The molecule has 1 aromatic rings. The van der Waals surface area contributed by atoms with Crippen LogP contribution in [-0.2, 0) is 4.79 Å². The van der Waals surface area contributed by atoms with Gasteiger partial charge in [-0.2, -0.15) is 0 Å². The van der Waals surface area contributed by atoms with Crippen molar-refractivity contribution < 1.29 is 9.69 Å². The van der Waals surface area contributed by atoms with Gasteiger partial charge in [0.2, 0.25) is 0 Å². The molecule has 0 bridgehead atoms. The molecule has 1 aliphatic heterocycles. The van der Waals surface area contributed by atoms with Crippen LogP contribution in [0.4, 0.5) is 0 Å². The van der Waals surface area contributed by atoms with Crippen molar-refractivity contribution in [3.05, 3.63) is 42.0 Å². The smallest absolute Gasteiger partial charge is 0.275 e. The largest absolute Gasteiger partial charge is 0.348 e. The second kappa shape index (κ2) is 6.44. The molecule has 1 unspecified atom stereocenters. The number of rotatable bonds is 5. The molecule has 0 saturated heterocycles. The molecule has 3 nitrogen and oxygen atoms in total. The first kappa shape index (κ1) is 14.3. The van der Waals surface area contributed by atoms with Gasteiger partial charge in [-0.15, -0.1) is 0 Å². The Balaban J connectivity index is 1.48. The summed E-state index contributed by atoms with van der Waals surface area (Å²) in [6, 6.07) is 10.9. The van der Waals surface area contributed by atoms with E-state index in [1.165, 1.54) is 28.9 Å². The van der Waals surface area contributed by atoms with Crippen LogP contribution in [0.15, 0.2) is 36.4 Å². The number of carbonyl (C=O) groups is 1. The van der Waals surface area contributed by atoms with Crippen molar-refractivity contribution in [3.8, 4) is 0 Å². The summed E-state index contributed by atoms with van der Waals surface area (Å²) in [5.41, 5.74) is 2.74. The van der Waals surface area contributed by atoms with Crippen molar-refractivity contribution >= 4 is 11.5 Å². The van der Waals surface area contributed by atoms with Crippen molar-refractivity contribution in [2.75, 3.05) is 19.6 Å². The highest BCUT2D eigenvalue weighted by Crippen LogP contribution is 2.32. The number of hydrogen-bond acceptors (Lipinski definition) is 1. The van der Waals surface area contributed by atoms with E-state index in [2.05, 4.69) is 48.6 Å². The summed E-state index contributed by atoms with van der Waals surface area (Å²) in [6.07, 6.45) is 5.92. The van der Waals surface area contributed by atoms with E-state index < -0.39 is 0 Å². The molecule has 1 aromatic carbocycles. The zero-order chi connectivity index (χ0) is 14.7. The van der Waals surface area contributed by atoms with Crippen molar-refractivity contribution in [2.45, 2.75) is 32.2 Å². The maximum absolute atomic E-state index is 12.1. The molecule has 0 spiro atoms. The van der Waals surface area contributed by atoms with Gasteiger partial charge in [0.15, 0.2) is 6.54 Å². The number of nitrogens with one attached hydrogen (secondary N) is 2. The van der Waals surface area contributed by atoms with Gasteiger partial charge in [-0.25, -0.2) is 0 Å². The minimum absolute atomic E-state index is 0.209. The normalized spacial score (nSPS) is 23.3. The Morgan fingerprint density at radius 1 is 1.33 bits per heavy atom. The minimum Gasteiger partial charge on any atom is -0.348 e. The number of quaternary nitrogens is 1. The average Bonchev–Trinajstić information content (AvgIpc) is 3.33. The Hall–Kier alpha value is -1.61. The molecule has 112 valence electrons. The molecule has 0 radical (unpaired) electrons. The average molecular weight is 285 g/mol. The third kappa shape index (κ3) is 3.94. The molecule has 3 rings (SSSR count). The molecule has 2 aliphatic rings. The predicted octanol–water partition coefficient (Wildman–Crippen LogP) is 1.27. The lowest BCUT2D eigenvalue weighted by Crippen LogP contribution is -3.13. The predicted molar refractivity (Wildman–Crippen MR) is 84.9 cm³/mol. The van der Waals surface area contributed by atoms with Crippen LogP contribution >= 0.6 is 0 Å². The highest BCUT2D eigenvalue weighted by atomic mass is 16.2. The molecule has 1 aliphatic carbocycles. The van der Waals surface area contributed by atoms with Crippen molar-refractivity contribution in [3.63, 3.8) is 0 Å². The van der Waals surface area contributed by atoms with E-state index in [-0.39, 0.29) is 5.91 Å². The number of hydrogen-bond donors (Lipinski definition) is 2. The van der Waals surface area contributed by atoms with Crippen LogP contribution in [0.2, 0.25) is 0 Å². The molecular weight excluding hydrogens is 260 g/mol. The zero-order valence-corrected chi connectivity index (χ0v) is 12.8. The van der Waals surface area contributed by atoms with Crippen molar-refractivity contribution in [2.24, 2.45) is 5.92 Å². The Morgan fingerprint density at radius 3 is 2.71 bits per heavy atom. The Morgan fingerprint density at radius 2 is 2.10 bits per heavy atom. The molecule has 1 amide bonds. The summed E-state index contributed by atoms with van der Waals surface area (Å²) in [6.45, 7) is 4.74. The van der Waals surface area contributed by atoms with Gasteiger partial charge in [-0.1, -0.05) is 30.3 Å². The Kier molecular flexibility index (Phi) is 4.39. The molecule has 3 heteroatoms. The fraction of sp³-hybridized carbons (Fsp3) is 0.500. The van der Waals surface area contributed by atoms with Gasteiger partial charge >= 0.3 is 0 Å². The SMILES string of the molecule is C[C@H](NC(=O)C[NH+]1CC=C(c2ccccc2)CC1)C1CC1. The maximum atomic E-state index is 12.1. The van der Waals surface area contributed by atoms with Crippen molar-refractivity contribution in [1.29, 1.82) is 0 Å². The van der Waals surface area contributed by atoms with Crippen LogP contribution in [0.1, 0.15) is 31.7 Å². The van der Waals surface area contributed by atoms with Gasteiger partial charge in [0, 0.05) is 12.5 Å². The van der Waals surface area contributed by atoms with Crippen LogP contribution in [0.3, 0.4) is 0 Å². The Labute approximate surface area is 127 Å². The van der Waals surface area contributed by atoms with Crippen LogP contribution in [0, 0.1) is 5.92 Å². The molecule has 1 fully saturated rings. The summed E-state index contributed by atoms with van der Waals surface area (Å²) in [7, 11) is 0. The van der Waals surface area contributed by atoms with Gasteiger partial charge in [-0.05, 0) is 42.9 Å². The third-order valence-electron chi connectivity index (χ3n) is 4.66. The highest BCUT2D eigenvalue weighted by Gasteiger charge is 2.29. The van der Waals surface area contributed by atoms with E-state index in [0.717, 1.165) is 25.4 Å². The van der Waals surface area contributed by atoms with Gasteiger partial charge in [0.05, 0.1) is 13.1 Å². The van der Waals surface area contributed by atoms with Crippen molar-refractivity contribution in [1.82, 2.24) is 5.32 Å². The van der Waals surface area contributed by atoms with Crippen LogP contribution < -0.4 is 10.2 Å². The van der Waals surface area contributed by atoms with E-state index in [1.54, 1.807) is 0 Å². The van der Waals surface area contributed by atoms with Gasteiger partial charge < -0.3 is 10.2 Å². The lowest BCUT2D eigenvalue weighted by Gasteiger charge is -2.24. The standard InChI is InChI=1S/C18H24N2O/c1-14(15-7-8-15)19-18(21)13-20-11-9-17(10-12-20)16-5-3-2-4-6-16/h2-6,9,14-15H,7-8,10-13H2,1H3,(H,19,21)/p+1/t14-/m0/s1. The fourth-order valence-corrected chi connectivity index (χ4v) is 3.10. The summed E-state index contributed by atoms with van der Waals surface area (Å²) < 4.78 is 0.